The summed E-state index contributed by atoms with van der Waals surface area (Å²) in [4.78, 5) is 0. The lowest BCUT2D eigenvalue weighted by atomic mass is 9.69. The molecular formula is C13H17F2NO3S. The predicted octanol–water partition coefficient (Wildman–Crippen LogP) is 0.936. The second-order valence-electron chi connectivity index (χ2n) is 5.50. The maximum absolute atomic E-state index is 13.9. The molecule has 1 aliphatic rings. The van der Waals surface area contributed by atoms with E-state index in [0.29, 0.717) is 0 Å². The van der Waals surface area contributed by atoms with Crippen LogP contribution in [-0.2, 0) is 15.4 Å². The summed E-state index contributed by atoms with van der Waals surface area (Å²) in [6.07, 6.45) is 0.120. The number of aliphatic hydroxyl groups is 1. The number of halogens is 2. The van der Waals surface area contributed by atoms with Gasteiger partial charge in [0, 0.05) is 17.5 Å². The first kappa shape index (κ1) is 15.3. The molecular weight excluding hydrogens is 288 g/mol. The molecule has 20 heavy (non-hydrogen) atoms. The molecule has 2 rings (SSSR count). The molecule has 1 heterocycles. The molecule has 0 aliphatic carbocycles. The number of rotatable bonds is 3. The molecule has 3 N–H and O–H groups in total. The van der Waals surface area contributed by atoms with Gasteiger partial charge in [0.25, 0.3) is 0 Å². The zero-order valence-corrected chi connectivity index (χ0v) is 11.9. The minimum absolute atomic E-state index is 0.114. The Labute approximate surface area is 116 Å². The molecule has 1 aromatic carbocycles. The topological polar surface area (TPSA) is 80.4 Å². The summed E-state index contributed by atoms with van der Waals surface area (Å²) in [6.45, 7) is 1.16. The van der Waals surface area contributed by atoms with Gasteiger partial charge in [-0.1, -0.05) is 12.1 Å². The third kappa shape index (κ3) is 2.23. The fraction of sp³-hybridized carbons (Fsp3) is 0.538. The van der Waals surface area contributed by atoms with Crippen molar-refractivity contribution < 1.29 is 22.3 Å². The first-order valence-corrected chi connectivity index (χ1v) is 8.05. The van der Waals surface area contributed by atoms with Gasteiger partial charge in [-0.25, -0.2) is 17.2 Å². The van der Waals surface area contributed by atoms with Crippen LogP contribution in [0.15, 0.2) is 18.2 Å². The van der Waals surface area contributed by atoms with Gasteiger partial charge >= 0.3 is 0 Å². The largest absolute Gasteiger partial charge is 0.385 e. The number of sulfone groups is 1. The van der Waals surface area contributed by atoms with E-state index in [1.807, 2.05) is 0 Å². The lowest BCUT2D eigenvalue weighted by molar-refractivity contribution is -0.0612. The summed E-state index contributed by atoms with van der Waals surface area (Å²) in [5, 5.41) is 10.7. The van der Waals surface area contributed by atoms with Gasteiger partial charge in [-0.05, 0) is 19.4 Å². The van der Waals surface area contributed by atoms with Gasteiger partial charge in [-0.15, -0.1) is 0 Å². The zero-order valence-electron chi connectivity index (χ0n) is 11.1. The summed E-state index contributed by atoms with van der Waals surface area (Å²) in [5.41, 5.74) is 2.33. The van der Waals surface area contributed by atoms with Gasteiger partial charge in [-0.2, -0.15) is 0 Å². The summed E-state index contributed by atoms with van der Waals surface area (Å²) in [7, 11) is -3.34. The second kappa shape index (κ2) is 4.75. The maximum Gasteiger partial charge on any atom is 0.164 e. The molecule has 7 heteroatoms. The Morgan fingerprint density at radius 3 is 2.60 bits per heavy atom. The fourth-order valence-electron chi connectivity index (χ4n) is 2.83. The van der Waals surface area contributed by atoms with Crippen molar-refractivity contribution in [2.45, 2.75) is 18.9 Å². The molecule has 4 nitrogen and oxygen atoms in total. The first-order chi connectivity index (χ1) is 9.15. The standard InChI is InChI=1S/C13H17F2NO3S/c1-12(17,9-3-2-4-10(14)11(9)15)13(7-16)5-6-20(18,19)8-13/h2-4,17H,5-8,16H2,1H3. The lowest BCUT2D eigenvalue weighted by Gasteiger charge is -2.41. The minimum atomic E-state index is -3.34. The van der Waals surface area contributed by atoms with Gasteiger partial charge in [0.05, 0.1) is 17.1 Å². The number of benzene rings is 1. The van der Waals surface area contributed by atoms with Crippen LogP contribution in [-0.4, -0.2) is 31.6 Å². The molecule has 0 spiro atoms. The lowest BCUT2D eigenvalue weighted by Crippen LogP contribution is -2.50. The minimum Gasteiger partial charge on any atom is -0.385 e. The van der Waals surface area contributed by atoms with Crippen molar-refractivity contribution in [3.63, 3.8) is 0 Å². The number of hydrogen-bond acceptors (Lipinski definition) is 4. The highest BCUT2D eigenvalue weighted by Crippen LogP contribution is 2.47. The van der Waals surface area contributed by atoms with Crippen molar-refractivity contribution in [2.75, 3.05) is 18.1 Å². The number of nitrogens with two attached hydrogens (primary N) is 1. The summed E-state index contributed by atoms with van der Waals surface area (Å²) in [6, 6.07) is 3.46. The molecule has 0 radical (unpaired) electrons. The molecule has 1 aliphatic heterocycles. The zero-order chi connectivity index (χ0) is 15.2. The Balaban J connectivity index is 2.56. The van der Waals surface area contributed by atoms with Crippen LogP contribution in [0.3, 0.4) is 0 Å². The SMILES string of the molecule is CC(O)(c1cccc(F)c1F)C1(CN)CCS(=O)(=O)C1. The Kier molecular flexibility index (Phi) is 3.64. The molecule has 2 atom stereocenters. The Hall–Kier alpha value is -1.05. The second-order valence-corrected chi connectivity index (χ2v) is 7.68. The van der Waals surface area contributed by atoms with Crippen molar-refractivity contribution in [1.29, 1.82) is 0 Å². The molecule has 112 valence electrons. The molecule has 2 unspecified atom stereocenters. The van der Waals surface area contributed by atoms with E-state index in [9.17, 15) is 22.3 Å². The first-order valence-electron chi connectivity index (χ1n) is 6.23. The van der Waals surface area contributed by atoms with E-state index in [4.69, 9.17) is 5.73 Å². The van der Waals surface area contributed by atoms with Crippen molar-refractivity contribution in [2.24, 2.45) is 11.1 Å². The summed E-state index contributed by atoms with van der Waals surface area (Å²) in [5.74, 6) is -2.71. The Morgan fingerprint density at radius 2 is 2.10 bits per heavy atom. The van der Waals surface area contributed by atoms with Crippen LogP contribution in [0.25, 0.3) is 0 Å². The van der Waals surface area contributed by atoms with Crippen molar-refractivity contribution in [1.82, 2.24) is 0 Å². The van der Waals surface area contributed by atoms with E-state index < -0.39 is 32.5 Å². The number of hydrogen-bond donors (Lipinski definition) is 2. The van der Waals surface area contributed by atoms with Gasteiger partial charge in [0.15, 0.2) is 21.5 Å². The Morgan fingerprint density at radius 1 is 1.45 bits per heavy atom. The normalized spacial score (nSPS) is 28.2. The predicted molar refractivity (Wildman–Crippen MR) is 70.7 cm³/mol. The van der Waals surface area contributed by atoms with E-state index in [0.717, 1.165) is 6.07 Å². The van der Waals surface area contributed by atoms with E-state index in [-0.39, 0.29) is 30.0 Å². The van der Waals surface area contributed by atoms with E-state index in [1.165, 1.54) is 19.1 Å². The van der Waals surface area contributed by atoms with E-state index in [1.54, 1.807) is 0 Å². The van der Waals surface area contributed by atoms with Crippen LogP contribution in [0.4, 0.5) is 8.78 Å². The smallest absolute Gasteiger partial charge is 0.164 e. The fourth-order valence-corrected chi connectivity index (χ4v) is 5.06. The molecule has 0 bridgehead atoms. The summed E-state index contributed by atoms with van der Waals surface area (Å²) < 4.78 is 50.7. The van der Waals surface area contributed by atoms with Crippen molar-refractivity contribution >= 4 is 9.84 Å². The van der Waals surface area contributed by atoms with Crippen LogP contribution in [0.5, 0.6) is 0 Å². The van der Waals surface area contributed by atoms with E-state index in [2.05, 4.69) is 0 Å². The Bertz CT molecular complexity index is 631. The highest BCUT2D eigenvalue weighted by Gasteiger charge is 2.54. The van der Waals surface area contributed by atoms with Gasteiger partial charge < -0.3 is 10.8 Å². The van der Waals surface area contributed by atoms with Gasteiger partial charge in [-0.3, -0.25) is 0 Å². The molecule has 1 aromatic rings. The monoisotopic (exact) mass is 305 g/mol. The van der Waals surface area contributed by atoms with E-state index >= 15 is 0 Å². The van der Waals surface area contributed by atoms with Crippen molar-refractivity contribution in [3.05, 3.63) is 35.4 Å². The molecule has 0 saturated carbocycles. The van der Waals surface area contributed by atoms with Crippen LogP contribution in [0.1, 0.15) is 18.9 Å². The molecule has 1 fully saturated rings. The molecule has 1 saturated heterocycles. The highest BCUT2D eigenvalue weighted by molar-refractivity contribution is 7.91. The third-order valence-corrected chi connectivity index (χ3v) is 6.11. The van der Waals surface area contributed by atoms with Crippen molar-refractivity contribution in [3.8, 4) is 0 Å². The van der Waals surface area contributed by atoms with Crippen LogP contribution < -0.4 is 5.73 Å². The summed E-state index contributed by atoms with van der Waals surface area (Å²) >= 11 is 0. The highest BCUT2D eigenvalue weighted by atomic mass is 32.2. The van der Waals surface area contributed by atoms with Crippen LogP contribution in [0.2, 0.25) is 0 Å². The molecule has 0 aromatic heterocycles. The van der Waals surface area contributed by atoms with Gasteiger partial charge in [0.1, 0.15) is 0 Å². The average molecular weight is 305 g/mol. The van der Waals surface area contributed by atoms with Gasteiger partial charge in [0.2, 0.25) is 0 Å². The van der Waals surface area contributed by atoms with Crippen LogP contribution in [0, 0.1) is 17.0 Å². The quantitative estimate of drug-likeness (QED) is 0.871. The third-order valence-electron chi connectivity index (χ3n) is 4.29. The molecule has 0 amide bonds. The van der Waals surface area contributed by atoms with Crippen LogP contribution >= 0.6 is 0 Å². The maximum atomic E-state index is 13.9. The average Bonchev–Trinajstić information content (AvgIpc) is 2.70.